The van der Waals surface area contributed by atoms with Crippen LogP contribution in [0.4, 0.5) is 0 Å². The molecule has 0 spiro atoms. The summed E-state index contributed by atoms with van der Waals surface area (Å²) in [6.45, 7) is 2.00. The van der Waals surface area contributed by atoms with Crippen molar-refractivity contribution in [3.05, 3.63) is 35.7 Å². The van der Waals surface area contributed by atoms with E-state index in [2.05, 4.69) is 11.0 Å². The maximum Gasteiger partial charge on any atom is 0.0846 e. The molecule has 2 nitrogen and oxygen atoms in total. The molecule has 0 fully saturated rings. The molecule has 12 heavy (non-hydrogen) atoms. The second kappa shape index (κ2) is 2.38. The molecule has 2 rings (SSSR count). The van der Waals surface area contributed by atoms with Crippen molar-refractivity contribution in [2.75, 3.05) is 0 Å². The Balaban J connectivity index is 2.96. The first-order chi connectivity index (χ1) is 5.83. The van der Waals surface area contributed by atoms with Crippen LogP contribution in [0.3, 0.4) is 0 Å². The molecule has 2 heterocycles. The van der Waals surface area contributed by atoms with Crippen molar-refractivity contribution in [1.29, 1.82) is 0 Å². The van der Waals surface area contributed by atoms with Crippen molar-refractivity contribution in [1.82, 2.24) is 9.61 Å². The molecule has 0 bridgehead atoms. The van der Waals surface area contributed by atoms with Crippen LogP contribution in [0.1, 0.15) is 11.1 Å². The van der Waals surface area contributed by atoms with Crippen LogP contribution in [-0.4, -0.2) is 9.61 Å². The van der Waals surface area contributed by atoms with Gasteiger partial charge in [0.25, 0.3) is 0 Å². The minimum Gasteiger partial charge on any atom is -0.239 e. The van der Waals surface area contributed by atoms with E-state index in [1.54, 1.807) is 4.52 Å². The van der Waals surface area contributed by atoms with Gasteiger partial charge < -0.3 is 0 Å². The molecule has 0 aromatic carbocycles. The summed E-state index contributed by atoms with van der Waals surface area (Å²) in [6, 6.07) is 3.82. The summed E-state index contributed by atoms with van der Waals surface area (Å²) in [5, 5.41) is 4.15. The van der Waals surface area contributed by atoms with E-state index in [-0.39, 0.29) is 0 Å². The lowest BCUT2D eigenvalue weighted by Gasteiger charge is -1.96. The third kappa shape index (κ3) is 0.802. The maximum atomic E-state index is 5.35. The van der Waals surface area contributed by atoms with Crippen LogP contribution in [0, 0.1) is 19.3 Å². The molecule has 0 atom stereocenters. The van der Waals surface area contributed by atoms with Gasteiger partial charge in [0.05, 0.1) is 17.3 Å². The lowest BCUT2D eigenvalue weighted by molar-refractivity contribution is 0.959. The average Bonchev–Trinajstić information content (AvgIpc) is 2.48. The second-order valence-corrected chi connectivity index (χ2v) is 2.69. The topological polar surface area (TPSA) is 17.3 Å². The highest BCUT2D eigenvalue weighted by molar-refractivity contribution is 5.65. The van der Waals surface area contributed by atoms with Crippen LogP contribution in [-0.2, 0) is 0 Å². The third-order valence-corrected chi connectivity index (χ3v) is 1.88. The van der Waals surface area contributed by atoms with E-state index in [4.69, 9.17) is 6.42 Å². The number of pyridine rings is 1. The Morgan fingerprint density at radius 1 is 1.58 bits per heavy atom. The van der Waals surface area contributed by atoms with Crippen LogP contribution in [0.25, 0.3) is 5.52 Å². The predicted octanol–water partition coefficient (Wildman–Crippen LogP) is 1.62. The molecule has 2 heteroatoms. The van der Waals surface area contributed by atoms with Crippen molar-refractivity contribution >= 4 is 5.52 Å². The average molecular weight is 156 g/mol. The van der Waals surface area contributed by atoms with Gasteiger partial charge in [0, 0.05) is 6.20 Å². The van der Waals surface area contributed by atoms with E-state index >= 15 is 0 Å². The number of aryl methyl sites for hydroxylation is 1. The van der Waals surface area contributed by atoms with Crippen molar-refractivity contribution in [2.45, 2.75) is 6.92 Å². The molecular formula is C10H8N2. The zero-order valence-corrected chi connectivity index (χ0v) is 6.78. The number of terminal acetylenes is 1. The van der Waals surface area contributed by atoms with Gasteiger partial charge in [0.15, 0.2) is 0 Å². The van der Waals surface area contributed by atoms with Crippen LogP contribution in [0.15, 0.2) is 24.5 Å². The molecule has 0 saturated carbocycles. The quantitative estimate of drug-likeness (QED) is 0.530. The van der Waals surface area contributed by atoms with Crippen LogP contribution in [0.2, 0.25) is 0 Å². The van der Waals surface area contributed by atoms with Crippen LogP contribution < -0.4 is 0 Å². The van der Waals surface area contributed by atoms with Gasteiger partial charge in [-0.25, -0.2) is 4.52 Å². The zero-order chi connectivity index (χ0) is 8.55. The highest BCUT2D eigenvalue weighted by Crippen LogP contribution is 2.13. The highest BCUT2D eigenvalue weighted by atomic mass is 15.2. The van der Waals surface area contributed by atoms with Crippen molar-refractivity contribution < 1.29 is 0 Å². The number of fused-ring (bicyclic) bond motifs is 1. The molecule has 0 N–H and O–H groups in total. The number of nitrogens with zero attached hydrogens (tertiary/aromatic N) is 2. The third-order valence-electron chi connectivity index (χ3n) is 1.88. The van der Waals surface area contributed by atoms with Crippen LogP contribution >= 0.6 is 0 Å². The SMILES string of the molecule is C#Cc1cccn2ncc(C)c12. The van der Waals surface area contributed by atoms with Crippen molar-refractivity contribution in [3.63, 3.8) is 0 Å². The van der Waals surface area contributed by atoms with Gasteiger partial charge in [-0.2, -0.15) is 5.10 Å². The van der Waals surface area contributed by atoms with Crippen LogP contribution in [0.5, 0.6) is 0 Å². The van der Waals surface area contributed by atoms with Gasteiger partial charge in [-0.05, 0) is 24.6 Å². The molecule has 2 aromatic heterocycles. The van der Waals surface area contributed by atoms with E-state index in [0.29, 0.717) is 0 Å². The molecule has 0 aliphatic heterocycles. The normalized spacial score (nSPS) is 10.0. The number of hydrogen-bond donors (Lipinski definition) is 0. The standard InChI is InChI=1S/C10H8N2/c1-3-9-5-4-6-12-10(9)8(2)7-11-12/h1,4-7H,2H3. The molecule has 0 unspecified atom stereocenters. The number of aromatic nitrogens is 2. The molecule has 0 saturated heterocycles. The first kappa shape index (κ1) is 6.93. The predicted molar refractivity (Wildman–Crippen MR) is 47.9 cm³/mol. The summed E-state index contributed by atoms with van der Waals surface area (Å²) in [5.41, 5.74) is 3.04. The first-order valence-corrected chi connectivity index (χ1v) is 3.72. The molecule has 58 valence electrons. The minimum atomic E-state index is 0.896. The Hall–Kier alpha value is -1.75. The number of hydrogen-bond acceptors (Lipinski definition) is 1. The fourth-order valence-electron chi connectivity index (χ4n) is 1.31. The summed E-state index contributed by atoms with van der Waals surface area (Å²) < 4.78 is 1.80. The van der Waals surface area contributed by atoms with E-state index in [1.165, 1.54) is 0 Å². The molecule has 0 radical (unpaired) electrons. The summed E-state index contributed by atoms with van der Waals surface area (Å²) >= 11 is 0. The fourth-order valence-corrected chi connectivity index (χ4v) is 1.31. The summed E-state index contributed by atoms with van der Waals surface area (Å²) in [5.74, 6) is 2.64. The monoisotopic (exact) mass is 156 g/mol. The Bertz CT molecular complexity index is 460. The van der Waals surface area contributed by atoms with Crippen molar-refractivity contribution in [2.24, 2.45) is 0 Å². The van der Waals surface area contributed by atoms with E-state index < -0.39 is 0 Å². The van der Waals surface area contributed by atoms with E-state index in [0.717, 1.165) is 16.6 Å². The summed E-state index contributed by atoms with van der Waals surface area (Å²) in [4.78, 5) is 0. The molecule has 0 amide bonds. The van der Waals surface area contributed by atoms with Gasteiger partial charge in [0.2, 0.25) is 0 Å². The maximum absolute atomic E-state index is 5.35. The molecular weight excluding hydrogens is 148 g/mol. The molecule has 0 aliphatic carbocycles. The summed E-state index contributed by atoms with van der Waals surface area (Å²) in [6.07, 6.45) is 9.06. The van der Waals surface area contributed by atoms with E-state index in [1.807, 2.05) is 31.5 Å². The minimum absolute atomic E-state index is 0.896. The van der Waals surface area contributed by atoms with E-state index in [9.17, 15) is 0 Å². The zero-order valence-electron chi connectivity index (χ0n) is 6.78. The molecule has 0 aliphatic rings. The first-order valence-electron chi connectivity index (χ1n) is 3.72. The Labute approximate surface area is 70.8 Å². The van der Waals surface area contributed by atoms with Gasteiger partial charge in [-0.1, -0.05) is 5.92 Å². The largest absolute Gasteiger partial charge is 0.239 e. The van der Waals surface area contributed by atoms with Gasteiger partial charge in [-0.15, -0.1) is 6.42 Å². The lowest BCUT2D eigenvalue weighted by Crippen LogP contribution is -1.88. The Morgan fingerprint density at radius 3 is 3.17 bits per heavy atom. The fraction of sp³-hybridized carbons (Fsp3) is 0.100. The Morgan fingerprint density at radius 2 is 2.42 bits per heavy atom. The van der Waals surface area contributed by atoms with Gasteiger partial charge >= 0.3 is 0 Å². The van der Waals surface area contributed by atoms with Gasteiger partial charge in [0.1, 0.15) is 0 Å². The second-order valence-electron chi connectivity index (χ2n) is 2.69. The van der Waals surface area contributed by atoms with Crippen molar-refractivity contribution in [3.8, 4) is 12.3 Å². The smallest absolute Gasteiger partial charge is 0.0846 e. The van der Waals surface area contributed by atoms with Gasteiger partial charge in [-0.3, -0.25) is 0 Å². The molecule has 2 aromatic rings. The number of rotatable bonds is 0. The summed E-state index contributed by atoms with van der Waals surface area (Å²) in [7, 11) is 0. The Kier molecular flexibility index (Phi) is 1.38. The highest BCUT2D eigenvalue weighted by Gasteiger charge is 2.01. The lowest BCUT2D eigenvalue weighted by atomic mass is 10.2.